The van der Waals surface area contributed by atoms with Crippen LogP contribution in [0.25, 0.3) is 5.69 Å². The third kappa shape index (κ3) is 2.44. The maximum absolute atomic E-state index is 11.5. The molecule has 0 amide bonds. The lowest BCUT2D eigenvalue weighted by Gasteiger charge is -2.12. The maximum atomic E-state index is 11.5. The van der Waals surface area contributed by atoms with E-state index in [1.165, 1.54) is 10.7 Å². The second kappa shape index (κ2) is 4.97. The Labute approximate surface area is 117 Å². The number of carboxylic acid groups (broad SMARTS) is 1. The number of aryl methyl sites for hydroxylation is 2. The van der Waals surface area contributed by atoms with Gasteiger partial charge in [0.2, 0.25) is 11.1 Å². The summed E-state index contributed by atoms with van der Waals surface area (Å²) in [6.45, 7) is 3.62. The van der Waals surface area contributed by atoms with Crippen molar-refractivity contribution in [3.8, 4) is 5.69 Å². The van der Waals surface area contributed by atoms with Crippen LogP contribution in [0.2, 0.25) is 0 Å². The Morgan fingerprint density at radius 3 is 2.68 bits per heavy atom. The summed E-state index contributed by atoms with van der Waals surface area (Å²) in [6.07, 6.45) is 0. The molecule has 0 unspecified atom stereocenters. The Kier molecular flexibility index (Phi) is 3.53. The molecule has 0 saturated heterocycles. The van der Waals surface area contributed by atoms with E-state index >= 15 is 0 Å². The van der Waals surface area contributed by atoms with Gasteiger partial charge in [-0.05, 0) is 41.4 Å². The Balaban J connectivity index is 2.76. The molecule has 0 atom stereocenters. The highest BCUT2D eigenvalue weighted by molar-refractivity contribution is 9.10. The highest BCUT2D eigenvalue weighted by Gasteiger charge is 2.15. The minimum absolute atomic E-state index is 0.487. The second-order valence-corrected chi connectivity index (χ2v) is 4.92. The first-order valence-electron chi connectivity index (χ1n) is 5.51. The van der Waals surface area contributed by atoms with Gasteiger partial charge in [0.05, 0.1) is 5.69 Å². The molecule has 0 aliphatic carbocycles. The zero-order chi connectivity index (χ0) is 14.2. The van der Waals surface area contributed by atoms with E-state index in [1.807, 2.05) is 19.1 Å². The summed E-state index contributed by atoms with van der Waals surface area (Å²) in [4.78, 5) is 22.5. The molecule has 6 heteroatoms. The molecule has 0 bridgehead atoms. The number of aromatic carboxylic acids is 1. The predicted octanol–water partition coefficient (Wildman–Crippen LogP) is 2.31. The molecule has 0 spiro atoms. The molecule has 19 heavy (non-hydrogen) atoms. The minimum atomic E-state index is -1.33. The minimum Gasteiger partial charge on any atom is -0.476 e. The van der Waals surface area contributed by atoms with Crippen molar-refractivity contribution < 1.29 is 9.90 Å². The summed E-state index contributed by atoms with van der Waals surface area (Å²) >= 11 is 3.44. The third-order valence-corrected chi connectivity index (χ3v) is 3.74. The number of nitrogens with zero attached hydrogens (tertiary/aromatic N) is 2. The Hall–Kier alpha value is -1.95. The van der Waals surface area contributed by atoms with E-state index in [1.54, 1.807) is 13.0 Å². The van der Waals surface area contributed by atoms with Gasteiger partial charge in [0.25, 0.3) is 0 Å². The number of halogens is 1. The van der Waals surface area contributed by atoms with Crippen LogP contribution in [0.4, 0.5) is 0 Å². The number of carboxylic acids is 1. The Morgan fingerprint density at radius 1 is 1.37 bits per heavy atom. The van der Waals surface area contributed by atoms with Gasteiger partial charge in [-0.1, -0.05) is 12.1 Å². The maximum Gasteiger partial charge on any atom is 0.360 e. The van der Waals surface area contributed by atoms with Crippen LogP contribution in [0.5, 0.6) is 0 Å². The molecule has 0 fully saturated rings. The van der Waals surface area contributed by atoms with Gasteiger partial charge in [0.1, 0.15) is 0 Å². The van der Waals surface area contributed by atoms with Gasteiger partial charge >= 0.3 is 5.97 Å². The van der Waals surface area contributed by atoms with Gasteiger partial charge in [0, 0.05) is 16.2 Å². The Morgan fingerprint density at radius 2 is 2.05 bits per heavy atom. The standard InChI is InChI=1S/C13H11BrN2O3/c1-7-4-3-5-9(11(7)14)16-8(2)6-10(17)12(15-16)13(18)19/h3-6H,1-2H3,(H,18,19). The van der Waals surface area contributed by atoms with Crippen LogP contribution in [0, 0.1) is 13.8 Å². The van der Waals surface area contributed by atoms with Crippen molar-refractivity contribution in [2.75, 3.05) is 0 Å². The topological polar surface area (TPSA) is 72.2 Å². The first-order valence-corrected chi connectivity index (χ1v) is 6.31. The summed E-state index contributed by atoms with van der Waals surface area (Å²) in [5.41, 5.74) is 1.18. The van der Waals surface area contributed by atoms with E-state index in [4.69, 9.17) is 5.11 Å². The average Bonchev–Trinajstić information content (AvgIpc) is 2.33. The third-order valence-electron chi connectivity index (χ3n) is 2.71. The smallest absolute Gasteiger partial charge is 0.360 e. The lowest BCUT2D eigenvalue weighted by Crippen LogP contribution is -2.22. The fourth-order valence-corrected chi connectivity index (χ4v) is 2.17. The zero-order valence-corrected chi connectivity index (χ0v) is 11.9. The van der Waals surface area contributed by atoms with Crippen LogP contribution in [0.1, 0.15) is 21.7 Å². The van der Waals surface area contributed by atoms with Gasteiger partial charge in [-0.3, -0.25) is 4.79 Å². The van der Waals surface area contributed by atoms with Gasteiger partial charge in [-0.25, -0.2) is 9.48 Å². The van der Waals surface area contributed by atoms with Gasteiger partial charge in [0.15, 0.2) is 0 Å². The van der Waals surface area contributed by atoms with Crippen molar-refractivity contribution in [3.63, 3.8) is 0 Å². The molecule has 2 aromatic rings. The lowest BCUT2D eigenvalue weighted by molar-refractivity contribution is 0.0686. The molecule has 0 radical (unpaired) electrons. The number of benzene rings is 1. The molecule has 0 aliphatic heterocycles. The van der Waals surface area contributed by atoms with Crippen molar-refractivity contribution in [3.05, 3.63) is 55.9 Å². The molecule has 0 saturated carbocycles. The largest absolute Gasteiger partial charge is 0.476 e. The van der Waals surface area contributed by atoms with Crippen LogP contribution in [0.15, 0.2) is 33.5 Å². The molecular weight excluding hydrogens is 312 g/mol. The molecule has 98 valence electrons. The molecule has 1 aromatic carbocycles. The van der Waals surface area contributed by atoms with Crippen molar-refractivity contribution >= 4 is 21.9 Å². The summed E-state index contributed by atoms with van der Waals surface area (Å²) in [5.74, 6) is -1.33. The van der Waals surface area contributed by atoms with Gasteiger partial charge in [-0.2, -0.15) is 5.10 Å². The fraction of sp³-hybridized carbons (Fsp3) is 0.154. The van der Waals surface area contributed by atoms with Crippen molar-refractivity contribution in [1.29, 1.82) is 0 Å². The molecule has 2 rings (SSSR count). The molecule has 1 heterocycles. The van der Waals surface area contributed by atoms with Crippen LogP contribution >= 0.6 is 15.9 Å². The van der Waals surface area contributed by atoms with Crippen LogP contribution in [0.3, 0.4) is 0 Å². The van der Waals surface area contributed by atoms with E-state index < -0.39 is 17.1 Å². The summed E-state index contributed by atoms with van der Waals surface area (Å²) < 4.78 is 2.26. The first-order chi connectivity index (χ1) is 8.91. The summed E-state index contributed by atoms with van der Waals surface area (Å²) in [7, 11) is 0. The second-order valence-electron chi connectivity index (χ2n) is 4.12. The van der Waals surface area contributed by atoms with Crippen LogP contribution < -0.4 is 5.43 Å². The number of carbonyl (C=O) groups is 1. The number of hydrogen-bond donors (Lipinski definition) is 1. The van der Waals surface area contributed by atoms with E-state index in [0.717, 1.165) is 10.0 Å². The monoisotopic (exact) mass is 322 g/mol. The number of aromatic nitrogens is 2. The highest BCUT2D eigenvalue weighted by Crippen LogP contribution is 2.24. The van der Waals surface area contributed by atoms with Crippen molar-refractivity contribution in [2.24, 2.45) is 0 Å². The van der Waals surface area contributed by atoms with Gasteiger partial charge in [-0.15, -0.1) is 0 Å². The molecule has 1 N–H and O–H groups in total. The number of rotatable bonds is 2. The van der Waals surface area contributed by atoms with Crippen LogP contribution in [-0.2, 0) is 0 Å². The zero-order valence-electron chi connectivity index (χ0n) is 10.3. The predicted molar refractivity (Wildman–Crippen MR) is 74.0 cm³/mol. The highest BCUT2D eigenvalue weighted by atomic mass is 79.9. The van der Waals surface area contributed by atoms with E-state index in [9.17, 15) is 9.59 Å². The summed E-state index contributed by atoms with van der Waals surface area (Å²) in [6, 6.07) is 6.83. The van der Waals surface area contributed by atoms with Crippen LogP contribution in [-0.4, -0.2) is 20.9 Å². The van der Waals surface area contributed by atoms with E-state index in [-0.39, 0.29) is 0 Å². The molecule has 0 aliphatic rings. The van der Waals surface area contributed by atoms with E-state index in [0.29, 0.717) is 11.4 Å². The quantitative estimate of drug-likeness (QED) is 0.920. The fourth-order valence-electron chi connectivity index (χ4n) is 1.73. The molecular formula is C13H11BrN2O3. The normalized spacial score (nSPS) is 10.5. The van der Waals surface area contributed by atoms with E-state index in [2.05, 4.69) is 21.0 Å². The van der Waals surface area contributed by atoms with Gasteiger partial charge < -0.3 is 5.11 Å². The first kappa shape index (κ1) is 13.5. The van der Waals surface area contributed by atoms with Crippen molar-refractivity contribution in [1.82, 2.24) is 9.78 Å². The molecule has 1 aromatic heterocycles. The average molecular weight is 323 g/mol. The molecule has 5 nitrogen and oxygen atoms in total. The Bertz CT molecular complexity index is 722. The van der Waals surface area contributed by atoms with Crippen molar-refractivity contribution in [2.45, 2.75) is 13.8 Å². The summed E-state index contributed by atoms with van der Waals surface area (Å²) in [5, 5.41) is 12.9. The lowest BCUT2D eigenvalue weighted by atomic mass is 10.2. The SMILES string of the molecule is Cc1cccc(-n2nc(C(=O)O)c(=O)cc2C)c1Br. The number of hydrogen-bond acceptors (Lipinski definition) is 3.